The lowest BCUT2D eigenvalue weighted by Crippen LogP contribution is -2.34. The highest BCUT2D eigenvalue weighted by molar-refractivity contribution is 9.10. The van der Waals surface area contributed by atoms with E-state index >= 15 is 0 Å². The van der Waals surface area contributed by atoms with Crippen molar-refractivity contribution in [1.82, 2.24) is 10.1 Å². The van der Waals surface area contributed by atoms with Gasteiger partial charge >= 0.3 is 0 Å². The molecule has 1 aliphatic carbocycles. The molecule has 2 aromatic rings. The molecule has 0 bridgehead atoms. The number of aromatic nitrogens is 2. The molecule has 22 heavy (non-hydrogen) atoms. The average molecular weight is 389 g/mol. The highest BCUT2D eigenvalue weighted by Gasteiger charge is 2.35. The van der Waals surface area contributed by atoms with E-state index in [0.717, 1.165) is 41.5 Å². The van der Waals surface area contributed by atoms with E-state index in [2.05, 4.69) is 26.1 Å². The van der Waals surface area contributed by atoms with Gasteiger partial charge < -0.3 is 15.0 Å². The van der Waals surface area contributed by atoms with Gasteiger partial charge in [-0.3, -0.25) is 0 Å². The molecule has 1 fully saturated rings. The Labute approximate surface area is 144 Å². The van der Waals surface area contributed by atoms with Crippen molar-refractivity contribution in [2.24, 2.45) is 5.73 Å². The lowest BCUT2D eigenvalue weighted by molar-refractivity contribution is 0.350. The molecule has 0 atom stereocenters. The van der Waals surface area contributed by atoms with E-state index in [0.29, 0.717) is 18.1 Å². The molecule has 0 saturated heterocycles. The Morgan fingerprint density at radius 3 is 2.77 bits per heavy atom. The standard InChI is InChI=1S/C15H18BrN3O2.ClH/c1-20-12-5-4-11(16)8-10(12)9-13-18-14(19-21-13)15(17)6-2-3-7-15;/h4-5,8H,2-3,6-7,9,17H2,1H3;1H. The Hall–Kier alpha value is -1.11. The maximum Gasteiger partial charge on any atom is 0.231 e. The maximum atomic E-state index is 6.35. The minimum absolute atomic E-state index is 0. The predicted molar refractivity (Wildman–Crippen MR) is 89.4 cm³/mol. The molecule has 1 aromatic heterocycles. The summed E-state index contributed by atoms with van der Waals surface area (Å²) >= 11 is 3.46. The summed E-state index contributed by atoms with van der Waals surface area (Å²) in [4.78, 5) is 4.49. The molecule has 0 amide bonds. The number of hydrogen-bond acceptors (Lipinski definition) is 5. The van der Waals surface area contributed by atoms with Gasteiger partial charge in [-0.2, -0.15) is 4.98 Å². The second-order valence-electron chi connectivity index (χ2n) is 5.51. The zero-order valence-corrected chi connectivity index (χ0v) is 14.7. The summed E-state index contributed by atoms with van der Waals surface area (Å²) in [5, 5.41) is 4.08. The number of halogens is 2. The number of methoxy groups -OCH3 is 1. The van der Waals surface area contributed by atoms with Crippen molar-refractivity contribution in [1.29, 1.82) is 0 Å². The molecule has 7 heteroatoms. The Kier molecular flexibility index (Phi) is 5.47. The molecule has 5 nitrogen and oxygen atoms in total. The number of nitrogens with zero attached hydrogens (tertiary/aromatic N) is 2. The second-order valence-corrected chi connectivity index (χ2v) is 6.42. The van der Waals surface area contributed by atoms with Crippen LogP contribution < -0.4 is 10.5 Å². The van der Waals surface area contributed by atoms with E-state index in [9.17, 15) is 0 Å². The van der Waals surface area contributed by atoms with Crippen molar-refractivity contribution in [3.8, 4) is 5.75 Å². The summed E-state index contributed by atoms with van der Waals surface area (Å²) in [5.74, 6) is 2.00. The number of hydrogen-bond donors (Lipinski definition) is 1. The molecule has 1 heterocycles. The van der Waals surface area contributed by atoms with Crippen LogP contribution >= 0.6 is 28.3 Å². The molecular formula is C15H19BrClN3O2. The van der Waals surface area contributed by atoms with Crippen molar-refractivity contribution < 1.29 is 9.26 Å². The van der Waals surface area contributed by atoms with Gasteiger partial charge in [0.05, 0.1) is 19.1 Å². The summed E-state index contributed by atoms with van der Waals surface area (Å²) in [5.41, 5.74) is 6.94. The van der Waals surface area contributed by atoms with Crippen LogP contribution in [0.3, 0.4) is 0 Å². The van der Waals surface area contributed by atoms with E-state index in [1.807, 2.05) is 18.2 Å². The SMILES string of the molecule is COc1ccc(Br)cc1Cc1nc(C2(N)CCCC2)no1.Cl. The highest BCUT2D eigenvalue weighted by atomic mass is 79.9. The van der Waals surface area contributed by atoms with Crippen LogP contribution in [0, 0.1) is 0 Å². The van der Waals surface area contributed by atoms with E-state index in [4.69, 9.17) is 15.0 Å². The Bertz CT molecular complexity index is 641. The molecule has 0 radical (unpaired) electrons. The number of ether oxygens (including phenoxy) is 1. The zero-order valence-electron chi connectivity index (χ0n) is 12.3. The summed E-state index contributed by atoms with van der Waals surface area (Å²) in [6, 6.07) is 5.85. The van der Waals surface area contributed by atoms with Crippen molar-refractivity contribution in [3.05, 3.63) is 40.0 Å². The Balaban J connectivity index is 0.00000176. The van der Waals surface area contributed by atoms with Gasteiger partial charge in [0.25, 0.3) is 0 Å². The number of benzene rings is 1. The van der Waals surface area contributed by atoms with Gasteiger partial charge in [-0.05, 0) is 31.0 Å². The van der Waals surface area contributed by atoms with Gasteiger partial charge in [-0.1, -0.05) is 33.9 Å². The first-order chi connectivity index (χ1) is 10.1. The molecule has 3 rings (SSSR count). The lowest BCUT2D eigenvalue weighted by atomic mass is 9.99. The van der Waals surface area contributed by atoms with E-state index in [-0.39, 0.29) is 12.4 Å². The minimum atomic E-state index is -0.414. The first-order valence-corrected chi connectivity index (χ1v) is 7.84. The maximum absolute atomic E-state index is 6.35. The van der Waals surface area contributed by atoms with Gasteiger partial charge in [0.15, 0.2) is 5.82 Å². The highest BCUT2D eigenvalue weighted by Crippen LogP contribution is 2.35. The summed E-state index contributed by atoms with van der Waals surface area (Å²) < 4.78 is 11.7. The van der Waals surface area contributed by atoms with Gasteiger partial charge in [-0.15, -0.1) is 12.4 Å². The predicted octanol–water partition coefficient (Wildman–Crippen LogP) is 3.58. The quantitative estimate of drug-likeness (QED) is 0.866. The van der Waals surface area contributed by atoms with Crippen LogP contribution in [0.1, 0.15) is 43.0 Å². The van der Waals surface area contributed by atoms with Crippen LogP contribution in [0.5, 0.6) is 5.75 Å². The summed E-state index contributed by atoms with van der Waals surface area (Å²) in [6.07, 6.45) is 4.63. The van der Waals surface area contributed by atoms with Crippen LogP contribution in [0.4, 0.5) is 0 Å². The monoisotopic (exact) mass is 387 g/mol. The third-order valence-electron chi connectivity index (χ3n) is 3.99. The molecule has 1 aliphatic rings. The third kappa shape index (κ3) is 3.45. The minimum Gasteiger partial charge on any atom is -0.496 e. The molecule has 120 valence electrons. The van der Waals surface area contributed by atoms with Crippen molar-refractivity contribution in [2.75, 3.05) is 7.11 Å². The van der Waals surface area contributed by atoms with Crippen LogP contribution in [0.2, 0.25) is 0 Å². The first-order valence-electron chi connectivity index (χ1n) is 7.05. The Morgan fingerprint density at radius 1 is 1.36 bits per heavy atom. The van der Waals surface area contributed by atoms with Gasteiger partial charge in [0.2, 0.25) is 5.89 Å². The Morgan fingerprint density at radius 2 is 2.09 bits per heavy atom. The van der Waals surface area contributed by atoms with E-state index in [1.165, 1.54) is 0 Å². The molecule has 0 aliphatic heterocycles. The molecule has 0 unspecified atom stereocenters. The lowest BCUT2D eigenvalue weighted by Gasteiger charge is -2.17. The zero-order chi connectivity index (χ0) is 14.9. The third-order valence-corrected chi connectivity index (χ3v) is 4.49. The fourth-order valence-electron chi connectivity index (χ4n) is 2.81. The molecule has 2 N–H and O–H groups in total. The van der Waals surface area contributed by atoms with Gasteiger partial charge in [0.1, 0.15) is 5.75 Å². The average Bonchev–Trinajstić information content (AvgIpc) is 3.09. The van der Waals surface area contributed by atoms with Crippen LogP contribution in [0.25, 0.3) is 0 Å². The van der Waals surface area contributed by atoms with Crippen LogP contribution in [-0.2, 0) is 12.0 Å². The molecule has 1 aromatic carbocycles. The molecule has 0 spiro atoms. The number of rotatable bonds is 4. The largest absolute Gasteiger partial charge is 0.496 e. The first kappa shape index (κ1) is 17.2. The molecule has 1 saturated carbocycles. The summed E-state index contributed by atoms with van der Waals surface area (Å²) in [7, 11) is 1.65. The topological polar surface area (TPSA) is 74.2 Å². The van der Waals surface area contributed by atoms with Crippen LogP contribution in [0.15, 0.2) is 27.2 Å². The van der Waals surface area contributed by atoms with Gasteiger partial charge in [0, 0.05) is 10.0 Å². The fraction of sp³-hybridized carbons (Fsp3) is 0.467. The van der Waals surface area contributed by atoms with Gasteiger partial charge in [-0.25, -0.2) is 0 Å². The number of nitrogens with two attached hydrogens (primary N) is 1. The van der Waals surface area contributed by atoms with Crippen molar-refractivity contribution in [3.63, 3.8) is 0 Å². The summed E-state index contributed by atoms with van der Waals surface area (Å²) in [6.45, 7) is 0. The van der Waals surface area contributed by atoms with Crippen molar-refractivity contribution in [2.45, 2.75) is 37.6 Å². The second kappa shape index (κ2) is 6.98. The fourth-order valence-corrected chi connectivity index (χ4v) is 3.22. The van der Waals surface area contributed by atoms with Crippen LogP contribution in [-0.4, -0.2) is 17.3 Å². The normalized spacial score (nSPS) is 16.3. The molecular weight excluding hydrogens is 370 g/mol. The van der Waals surface area contributed by atoms with Crippen molar-refractivity contribution >= 4 is 28.3 Å². The smallest absolute Gasteiger partial charge is 0.231 e. The van der Waals surface area contributed by atoms with E-state index < -0.39 is 5.54 Å². The van der Waals surface area contributed by atoms with E-state index in [1.54, 1.807) is 7.11 Å².